The van der Waals surface area contributed by atoms with Crippen LogP contribution in [-0.2, 0) is 17.8 Å². The standard InChI is InChI=1S/C11H14N4O/c1-3-4-15(2)11(16)9-5-8-10(6-12-9)14-7-13-8/h1,7,9,12H,4-6H2,2H3,(H,13,14). The Bertz CT molecular complexity index is 431. The van der Waals surface area contributed by atoms with Crippen LogP contribution in [0.25, 0.3) is 0 Å². The fourth-order valence-corrected chi connectivity index (χ4v) is 1.82. The number of nitrogens with zero attached hydrogens (tertiary/aromatic N) is 2. The van der Waals surface area contributed by atoms with Gasteiger partial charge < -0.3 is 9.88 Å². The largest absolute Gasteiger partial charge is 0.347 e. The van der Waals surface area contributed by atoms with Crippen molar-refractivity contribution in [3.8, 4) is 12.3 Å². The van der Waals surface area contributed by atoms with E-state index in [1.165, 1.54) is 0 Å². The molecule has 0 saturated carbocycles. The molecule has 0 radical (unpaired) electrons. The lowest BCUT2D eigenvalue weighted by atomic mass is 10.0. The van der Waals surface area contributed by atoms with Crippen LogP contribution in [0.15, 0.2) is 6.33 Å². The zero-order chi connectivity index (χ0) is 11.5. The number of fused-ring (bicyclic) bond motifs is 1. The number of aromatic amines is 1. The van der Waals surface area contributed by atoms with E-state index in [4.69, 9.17) is 6.42 Å². The van der Waals surface area contributed by atoms with Crippen LogP contribution in [0.3, 0.4) is 0 Å². The minimum Gasteiger partial charge on any atom is -0.347 e. The first-order chi connectivity index (χ1) is 7.72. The first kappa shape index (κ1) is 10.7. The van der Waals surface area contributed by atoms with E-state index in [1.807, 2.05) is 0 Å². The van der Waals surface area contributed by atoms with Gasteiger partial charge in [0, 0.05) is 20.0 Å². The van der Waals surface area contributed by atoms with E-state index in [1.54, 1.807) is 18.3 Å². The maximum Gasteiger partial charge on any atom is 0.240 e. The van der Waals surface area contributed by atoms with Crippen molar-refractivity contribution in [2.75, 3.05) is 13.6 Å². The Balaban J connectivity index is 2.04. The van der Waals surface area contributed by atoms with Crippen molar-refractivity contribution >= 4 is 5.91 Å². The monoisotopic (exact) mass is 218 g/mol. The molecule has 2 rings (SSSR count). The zero-order valence-electron chi connectivity index (χ0n) is 9.16. The summed E-state index contributed by atoms with van der Waals surface area (Å²) in [5.41, 5.74) is 2.02. The molecule has 1 unspecified atom stereocenters. The third-order valence-corrected chi connectivity index (χ3v) is 2.73. The number of imidazole rings is 1. The number of hydrogen-bond donors (Lipinski definition) is 2. The van der Waals surface area contributed by atoms with Gasteiger partial charge in [0.05, 0.1) is 30.3 Å². The molecule has 84 valence electrons. The van der Waals surface area contributed by atoms with E-state index in [0.717, 1.165) is 11.4 Å². The van der Waals surface area contributed by atoms with Crippen LogP contribution in [0.2, 0.25) is 0 Å². The van der Waals surface area contributed by atoms with Gasteiger partial charge in [0.15, 0.2) is 0 Å². The summed E-state index contributed by atoms with van der Waals surface area (Å²) in [7, 11) is 1.71. The third kappa shape index (κ3) is 1.92. The number of hydrogen-bond acceptors (Lipinski definition) is 3. The second-order valence-corrected chi connectivity index (χ2v) is 3.86. The highest BCUT2D eigenvalue weighted by Gasteiger charge is 2.27. The van der Waals surface area contributed by atoms with Crippen molar-refractivity contribution in [3.63, 3.8) is 0 Å². The summed E-state index contributed by atoms with van der Waals surface area (Å²) in [5, 5.41) is 3.17. The molecule has 1 atom stereocenters. The van der Waals surface area contributed by atoms with Gasteiger partial charge in [0.2, 0.25) is 5.91 Å². The molecule has 1 aromatic rings. The van der Waals surface area contributed by atoms with Crippen LogP contribution >= 0.6 is 0 Å². The van der Waals surface area contributed by atoms with Gasteiger partial charge >= 0.3 is 0 Å². The quantitative estimate of drug-likeness (QED) is 0.659. The predicted octanol–water partition coefficient (Wildman–Crippen LogP) is -0.484. The molecule has 0 fully saturated rings. The average Bonchev–Trinajstić information content (AvgIpc) is 2.75. The Hall–Kier alpha value is -1.80. The molecule has 5 nitrogen and oxygen atoms in total. The molecule has 1 aliphatic heterocycles. The van der Waals surface area contributed by atoms with Crippen molar-refractivity contribution in [1.29, 1.82) is 0 Å². The summed E-state index contributed by atoms with van der Waals surface area (Å²) in [6.07, 6.45) is 7.45. The fraction of sp³-hybridized carbons (Fsp3) is 0.455. The first-order valence-corrected chi connectivity index (χ1v) is 5.15. The van der Waals surface area contributed by atoms with Crippen LogP contribution < -0.4 is 5.32 Å². The molecule has 16 heavy (non-hydrogen) atoms. The molecule has 1 aliphatic rings. The highest BCUT2D eigenvalue weighted by molar-refractivity contribution is 5.82. The predicted molar refractivity (Wildman–Crippen MR) is 59.4 cm³/mol. The molecule has 0 spiro atoms. The number of carbonyl (C=O) groups is 1. The molecule has 2 heterocycles. The van der Waals surface area contributed by atoms with Crippen molar-refractivity contribution < 1.29 is 4.79 Å². The molecule has 0 aromatic carbocycles. The second kappa shape index (κ2) is 4.37. The molecule has 0 aliphatic carbocycles. The maximum absolute atomic E-state index is 11.9. The Morgan fingerprint density at radius 2 is 2.62 bits per heavy atom. The van der Waals surface area contributed by atoms with Gasteiger partial charge in [0.1, 0.15) is 0 Å². The number of terminal acetylenes is 1. The lowest BCUT2D eigenvalue weighted by Crippen LogP contribution is -2.48. The summed E-state index contributed by atoms with van der Waals surface area (Å²) >= 11 is 0. The summed E-state index contributed by atoms with van der Waals surface area (Å²) < 4.78 is 0. The number of rotatable bonds is 2. The van der Waals surface area contributed by atoms with Crippen LogP contribution in [0.5, 0.6) is 0 Å². The van der Waals surface area contributed by atoms with Gasteiger partial charge in [-0.1, -0.05) is 5.92 Å². The molecule has 1 aromatic heterocycles. The van der Waals surface area contributed by atoms with Gasteiger partial charge in [-0.25, -0.2) is 4.98 Å². The molecule has 1 amide bonds. The summed E-state index contributed by atoms with van der Waals surface area (Å²) in [4.78, 5) is 20.7. The van der Waals surface area contributed by atoms with Crippen molar-refractivity contribution in [1.82, 2.24) is 20.2 Å². The Morgan fingerprint density at radius 1 is 1.81 bits per heavy atom. The van der Waals surface area contributed by atoms with Gasteiger partial charge in [-0.05, 0) is 0 Å². The number of aromatic nitrogens is 2. The SMILES string of the molecule is C#CCN(C)C(=O)C1Cc2nc[nH]c2CN1. The zero-order valence-corrected chi connectivity index (χ0v) is 9.16. The highest BCUT2D eigenvalue weighted by atomic mass is 16.2. The molecular formula is C11H14N4O. The van der Waals surface area contributed by atoms with E-state index in [2.05, 4.69) is 21.2 Å². The molecular weight excluding hydrogens is 204 g/mol. The van der Waals surface area contributed by atoms with Gasteiger partial charge in [-0.15, -0.1) is 6.42 Å². The van der Waals surface area contributed by atoms with Gasteiger partial charge in [-0.3, -0.25) is 10.1 Å². The Kier molecular flexibility index (Phi) is 2.93. The van der Waals surface area contributed by atoms with E-state index < -0.39 is 0 Å². The summed E-state index contributed by atoms with van der Waals surface area (Å²) in [5.74, 6) is 2.48. The third-order valence-electron chi connectivity index (χ3n) is 2.73. The molecule has 5 heteroatoms. The number of carbonyl (C=O) groups excluding carboxylic acids is 1. The second-order valence-electron chi connectivity index (χ2n) is 3.86. The Labute approximate surface area is 94.2 Å². The van der Waals surface area contributed by atoms with Crippen LogP contribution in [0.4, 0.5) is 0 Å². The van der Waals surface area contributed by atoms with Crippen LogP contribution in [0, 0.1) is 12.3 Å². The van der Waals surface area contributed by atoms with Crippen LogP contribution in [-0.4, -0.2) is 40.4 Å². The summed E-state index contributed by atoms with van der Waals surface area (Å²) in [6.45, 7) is 0.986. The minimum atomic E-state index is -0.214. The van der Waals surface area contributed by atoms with Crippen LogP contribution in [0.1, 0.15) is 11.4 Å². The number of H-pyrrole nitrogens is 1. The highest BCUT2D eigenvalue weighted by Crippen LogP contribution is 2.13. The van der Waals surface area contributed by atoms with Crippen molar-refractivity contribution in [3.05, 3.63) is 17.7 Å². The van der Waals surface area contributed by atoms with Gasteiger partial charge in [0.25, 0.3) is 0 Å². The topological polar surface area (TPSA) is 61.0 Å². The van der Waals surface area contributed by atoms with E-state index in [9.17, 15) is 4.79 Å². The lowest BCUT2D eigenvalue weighted by molar-refractivity contribution is -0.131. The maximum atomic E-state index is 11.9. The van der Waals surface area contributed by atoms with Crippen molar-refractivity contribution in [2.45, 2.75) is 19.0 Å². The number of amides is 1. The van der Waals surface area contributed by atoms with E-state index in [-0.39, 0.29) is 11.9 Å². The smallest absolute Gasteiger partial charge is 0.240 e. The van der Waals surface area contributed by atoms with E-state index >= 15 is 0 Å². The Morgan fingerprint density at radius 3 is 3.38 bits per heavy atom. The van der Waals surface area contributed by atoms with Gasteiger partial charge in [-0.2, -0.15) is 0 Å². The fourth-order valence-electron chi connectivity index (χ4n) is 1.82. The molecule has 0 bridgehead atoms. The molecule has 2 N–H and O–H groups in total. The molecule has 0 saturated heterocycles. The lowest BCUT2D eigenvalue weighted by Gasteiger charge is -2.25. The normalized spacial score (nSPS) is 18.6. The van der Waals surface area contributed by atoms with E-state index in [0.29, 0.717) is 19.5 Å². The number of nitrogens with one attached hydrogen (secondary N) is 2. The first-order valence-electron chi connectivity index (χ1n) is 5.15. The minimum absolute atomic E-state index is 0.0200. The average molecular weight is 218 g/mol. The van der Waals surface area contributed by atoms with Crippen molar-refractivity contribution in [2.24, 2.45) is 0 Å². The number of likely N-dealkylation sites (N-methyl/N-ethyl adjacent to an activating group) is 1. The summed E-state index contributed by atoms with van der Waals surface area (Å²) in [6, 6.07) is -0.214.